The van der Waals surface area contributed by atoms with Gasteiger partial charge < -0.3 is 19.2 Å². The molecule has 8 heteroatoms. The molecule has 0 spiro atoms. The zero-order chi connectivity index (χ0) is 24.6. The van der Waals surface area contributed by atoms with E-state index in [1.807, 2.05) is 36.4 Å². The maximum absolute atomic E-state index is 13.2. The van der Waals surface area contributed by atoms with E-state index >= 15 is 0 Å². The van der Waals surface area contributed by atoms with Crippen molar-refractivity contribution in [2.75, 3.05) is 18.5 Å². The van der Waals surface area contributed by atoms with E-state index in [0.717, 1.165) is 22.3 Å². The molecule has 2 heterocycles. The predicted octanol–water partition coefficient (Wildman–Crippen LogP) is 5.11. The number of hydrogen-bond donors (Lipinski definition) is 2. The van der Waals surface area contributed by atoms with E-state index in [9.17, 15) is 19.5 Å². The number of likely N-dealkylation sites (tertiary alicyclic amines) is 1. The number of carbonyl (C=O) groups is 3. The fourth-order valence-electron chi connectivity index (χ4n) is 5.36. The second kappa shape index (κ2) is 8.94. The molecule has 2 aliphatic rings. The lowest BCUT2D eigenvalue weighted by Gasteiger charge is -2.33. The van der Waals surface area contributed by atoms with Crippen LogP contribution < -0.4 is 5.32 Å². The molecule has 1 fully saturated rings. The lowest BCUT2D eigenvalue weighted by atomic mass is 9.93. The molecule has 1 unspecified atom stereocenters. The van der Waals surface area contributed by atoms with Gasteiger partial charge in [-0.1, -0.05) is 55.5 Å². The largest absolute Gasteiger partial charge is 0.479 e. The van der Waals surface area contributed by atoms with Crippen LogP contribution >= 0.6 is 0 Å². The number of ether oxygens (including phenoxy) is 1. The van der Waals surface area contributed by atoms with Gasteiger partial charge in [0.2, 0.25) is 5.76 Å². The zero-order valence-corrected chi connectivity index (χ0v) is 19.3. The zero-order valence-electron chi connectivity index (χ0n) is 19.3. The Balaban J connectivity index is 1.29. The summed E-state index contributed by atoms with van der Waals surface area (Å²) in [5.41, 5.74) is 3.32. The van der Waals surface area contributed by atoms with Crippen molar-refractivity contribution >= 4 is 23.7 Å². The Labute approximate surface area is 202 Å². The molecule has 2 amide bonds. The van der Waals surface area contributed by atoms with E-state index in [-0.39, 0.29) is 30.4 Å². The summed E-state index contributed by atoms with van der Waals surface area (Å²) in [6.07, 6.45) is 1.81. The molecular formula is C27H26N2O6. The molecule has 0 radical (unpaired) electrons. The monoisotopic (exact) mass is 474 g/mol. The van der Waals surface area contributed by atoms with Gasteiger partial charge >= 0.3 is 12.1 Å². The van der Waals surface area contributed by atoms with Crippen LogP contribution in [0.15, 0.2) is 65.3 Å². The van der Waals surface area contributed by atoms with Crippen molar-refractivity contribution in [3.63, 3.8) is 0 Å². The number of nitrogens with one attached hydrogen (secondary N) is 1. The third kappa shape index (κ3) is 3.75. The first-order valence-electron chi connectivity index (χ1n) is 11.7. The van der Waals surface area contributed by atoms with Gasteiger partial charge in [0.25, 0.3) is 5.91 Å². The van der Waals surface area contributed by atoms with Crippen LogP contribution in [0.2, 0.25) is 0 Å². The minimum Gasteiger partial charge on any atom is -0.479 e. The predicted molar refractivity (Wildman–Crippen MR) is 128 cm³/mol. The molecule has 8 nitrogen and oxygen atoms in total. The second-order valence-corrected chi connectivity index (χ2v) is 8.86. The fourth-order valence-corrected chi connectivity index (χ4v) is 5.36. The molecule has 2 N–H and O–H groups in total. The van der Waals surface area contributed by atoms with Crippen molar-refractivity contribution in [1.29, 1.82) is 0 Å². The van der Waals surface area contributed by atoms with Crippen molar-refractivity contribution < 1.29 is 28.6 Å². The number of furan rings is 1. The number of carboxylic acids is 1. The lowest BCUT2D eigenvalue weighted by molar-refractivity contribution is -0.148. The molecule has 0 saturated carbocycles. The highest BCUT2D eigenvalue weighted by Gasteiger charge is 2.49. The summed E-state index contributed by atoms with van der Waals surface area (Å²) in [7, 11) is 0. The first-order valence-corrected chi connectivity index (χ1v) is 11.7. The smallest absolute Gasteiger partial charge is 0.411 e. The van der Waals surface area contributed by atoms with Gasteiger partial charge in [0, 0.05) is 18.5 Å². The first-order chi connectivity index (χ1) is 17.0. The van der Waals surface area contributed by atoms with E-state index in [4.69, 9.17) is 9.15 Å². The van der Waals surface area contributed by atoms with Gasteiger partial charge in [0.1, 0.15) is 12.1 Å². The summed E-state index contributed by atoms with van der Waals surface area (Å²) >= 11 is 0. The van der Waals surface area contributed by atoms with Gasteiger partial charge in [0.05, 0.1) is 12.0 Å². The summed E-state index contributed by atoms with van der Waals surface area (Å²) < 4.78 is 10.9. The highest BCUT2D eigenvalue weighted by Crippen LogP contribution is 2.44. The van der Waals surface area contributed by atoms with Crippen LogP contribution in [-0.2, 0) is 9.53 Å². The van der Waals surface area contributed by atoms with Gasteiger partial charge in [-0.05, 0) is 41.5 Å². The normalized spacial score (nSPS) is 18.7. The number of rotatable bonds is 6. The second-order valence-electron chi connectivity index (χ2n) is 8.86. The van der Waals surface area contributed by atoms with Crippen molar-refractivity contribution in [1.82, 2.24) is 4.90 Å². The van der Waals surface area contributed by atoms with Crippen LogP contribution in [0.4, 0.5) is 10.5 Å². The van der Waals surface area contributed by atoms with Crippen LogP contribution in [0, 0.1) is 0 Å². The maximum Gasteiger partial charge on any atom is 0.411 e. The van der Waals surface area contributed by atoms with E-state index in [0.29, 0.717) is 19.4 Å². The summed E-state index contributed by atoms with van der Waals surface area (Å²) in [5.74, 6) is -1.81. The maximum atomic E-state index is 13.2. The van der Waals surface area contributed by atoms with Gasteiger partial charge in [-0.3, -0.25) is 10.1 Å². The molecule has 1 atom stereocenters. The Kier molecular flexibility index (Phi) is 5.80. The Morgan fingerprint density at radius 2 is 1.74 bits per heavy atom. The van der Waals surface area contributed by atoms with Crippen molar-refractivity contribution in [2.45, 2.75) is 37.6 Å². The summed E-state index contributed by atoms with van der Waals surface area (Å²) in [6, 6.07) is 17.5. The SMILES string of the molecule is CCC1(C(=O)O)CCCN1C(=O)c1occc1NC(=O)OCC1c2ccccc2-c2ccccc21. The quantitative estimate of drug-likeness (QED) is 0.514. The number of nitrogens with zero attached hydrogens (tertiary/aromatic N) is 1. The number of carboxylic acid groups (broad SMARTS) is 1. The van der Waals surface area contributed by atoms with E-state index < -0.39 is 23.5 Å². The summed E-state index contributed by atoms with van der Waals surface area (Å²) in [4.78, 5) is 39.2. The molecule has 1 saturated heterocycles. The Hall–Kier alpha value is -4.07. The van der Waals surface area contributed by atoms with Crippen molar-refractivity contribution in [3.8, 4) is 11.1 Å². The highest BCUT2D eigenvalue weighted by molar-refractivity contribution is 6.02. The molecule has 180 valence electrons. The number of anilines is 1. The number of carbonyl (C=O) groups excluding carboxylic acids is 2. The molecule has 35 heavy (non-hydrogen) atoms. The Morgan fingerprint density at radius 3 is 2.37 bits per heavy atom. The summed E-state index contributed by atoms with van der Waals surface area (Å²) in [5, 5.41) is 12.4. The Bertz CT molecular complexity index is 1250. The topological polar surface area (TPSA) is 109 Å². The van der Waals surface area contributed by atoms with Crippen LogP contribution in [0.5, 0.6) is 0 Å². The molecule has 1 aliphatic heterocycles. The summed E-state index contributed by atoms with van der Waals surface area (Å²) in [6.45, 7) is 2.19. The number of benzene rings is 2. The minimum atomic E-state index is -1.27. The van der Waals surface area contributed by atoms with Gasteiger partial charge in [0.15, 0.2) is 0 Å². The number of aliphatic carboxylic acids is 1. The first kappa shape index (κ1) is 22.7. The third-order valence-corrected chi connectivity index (χ3v) is 7.16. The molecule has 2 aromatic carbocycles. The van der Waals surface area contributed by atoms with Gasteiger partial charge in [-0.2, -0.15) is 0 Å². The van der Waals surface area contributed by atoms with E-state index in [1.54, 1.807) is 6.92 Å². The van der Waals surface area contributed by atoms with Crippen LogP contribution in [0.1, 0.15) is 53.8 Å². The van der Waals surface area contributed by atoms with E-state index in [1.165, 1.54) is 17.2 Å². The Morgan fingerprint density at radius 1 is 1.09 bits per heavy atom. The third-order valence-electron chi connectivity index (χ3n) is 7.16. The number of fused-ring (bicyclic) bond motifs is 3. The average molecular weight is 475 g/mol. The molecular weight excluding hydrogens is 448 g/mol. The fraction of sp³-hybridized carbons (Fsp3) is 0.296. The molecule has 1 aliphatic carbocycles. The van der Waals surface area contributed by atoms with Crippen LogP contribution in [0.25, 0.3) is 11.1 Å². The van der Waals surface area contributed by atoms with Gasteiger partial charge in [-0.25, -0.2) is 9.59 Å². The standard InChI is InChI=1S/C27H26N2O6/c1-2-27(25(31)32)13-7-14-29(27)24(30)23-22(12-15-34-23)28-26(33)35-16-21-19-10-5-3-8-17(19)18-9-4-6-11-20(18)21/h3-6,8-12,15,21H,2,7,13-14,16H2,1H3,(H,28,33)(H,31,32). The molecule has 0 bridgehead atoms. The highest BCUT2D eigenvalue weighted by atomic mass is 16.5. The van der Waals surface area contributed by atoms with Crippen LogP contribution in [0.3, 0.4) is 0 Å². The van der Waals surface area contributed by atoms with Crippen molar-refractivity contribution in [2.24, 2.45) is 0 Å². The molecule has 5 rings (SSSR count). The van der Waals surface area contributed by atoms with Crippen molar-refractivity contribution in [3.05, 3.63) is 77.7 Å². The minimum absolute atomic E-state index is 0.0936. The van der Waals surface area contributed by atoms with Crippen LogP contribution in [-0.4, -0.2) is 46.7 Å². The number of hydrogen-bond acceptors (Lipinski definition) is 5. The molecule has 3 aromatic rings. The average Bonchev–Trinajstić information content (AvgIpc) is 3.59. The van der Waals surface area contributed by atoms with Gasteiger partial charge in [-0.15, -0.1) is 0 Å². The van der Waals surface area contributed by atoms with E-state index in [2.05, 4.69) is 17.4 Å². The lowest BCUT2D eigenvalue weighted by Crippen LogP contribution is -2.52. The molecule has 1 aromatic heterocycles. The number of amides is 2.